The Bertz CT molecular complexity index is 1190. The summed E-state index contributed by atoms with van der Waals surface area (Å²) in [5.41, 5.74) is 16.1. The molecule has 0 bridgehead atoms. The monoisotopic (exact) mass is 473 g/mol. The first-order valence-electron chi connectivity index (χ1n) is 12.2. The average Bonchev–Trinajstić information content (AvgIpc) is 3.77. The van der Waals surface area contributed by atoms with Crippen molar-refractivity contribution < 1.29 is 9.47 Å². The molecule has 9 heteroatoms. The Morgan fingerprint density at radius 3 is 2.51 bits per heavy atom. The number of aromatic nitrogens is 1. The molecule has 6 rings (SSSR count). The van der Waals surface area contributed by atoms with Gasteiger partial charge in [0.25, 0.3) is 0 Å². The van der Waals surface area contributed by atoms with Gasteiger partial charge >= 0.3 is 0 Å². The molecule has 1 aliphatic carbocycles. The highest BCUT2D eigenvalue weighted by molar-refractivity contribution is 5.41. The summed E-state index contributed by atoms with van der Waals surface area (Å²) >= 11 is 0. The molecule has 3 fully saturated rings. The number of likely N-dealkylation sites (tertiary alicyclic amines) is 1. The van der Waals surface area contributed by atoms with Crippen molar-refractivity contribution in [2.45, 2.75) is 62.6 Å². The molecule has 2 saturated heterocycles. The number of epoxide rings is 1. The van der Waals surface area contributed by atoms with Gasteiger partial charge in [0.05, 0.1) is 24.2 Å². The van der Waals surface area contributed by atoms with Gasteiger partial charge in [-0.1, -0.05) is 18.2 Å². The maximum absolute atomic E-state index is 9.77. The lowest BCUT2D eigenvalue weighted by atomic mass is 9.96. The van der Waals surface area contributed by atoms with E-state index in [9.17, 15) is 5.26 Å². The largest absolute Gasteiger partial charge is 0.439 e. The number of piperidine rings is 1. The van der Waals surface area contributed by atoms with Crippen molar-refractivity contribution >= 4 is 0 Å². The zero-order chi connectivity index (χ0) is 24.3. The van der Waals surface area contributed by atoms with E-state index in [4.69, 9.17) is 20.9 Å². The molecule has 1 saturated carbocycles. The number of benzene rings is 1. The Hall–Kier alpha value is -3.32. The van der Waals surface area contributed by atoms with E-state index in [1.165, 1.54) is 0 Å². The van der Waals surface area contributed by atoms with Crippen LogP contribution in [-0.4, -0.2) is 57.4 Å². The third-order valence-electron chi connectivity index (χ3n) is 7.89. The summed E-state index contributed by atoms with van der Waals surface area (Å²) in [6, 6.07) is 11.9. The predicted octanol–water partition coefficient (Wildman–Crippen LogP) is 2.72. The quantitative estimate of drug-likeness (QED) is 0.499. The SMILES string of the molecule is Cc1ccc(Oc2ccc(C3C(C4OC4N)=C(N)N(C4CCC5(CC5)N(C#N)C4)N3C)cc2)nc1. The Balaban J connectivity index is 1.26. The molecule has 1 aromatic heterocycles. The van der Waals surface area contributed by atoms with E-state index in [1.807, 2.05) is 36.1 Å². The van der Waals surface area contributed by atoms with E-state index in [1.54, 1.807) is 6.20 Å². The van der Waals surface area contributed by atoms with Crippen LogP contribution in [0.25, 0.3) is 0 Å². The van der Waals surface area contributed by atoms with Gasteiger partial charge in [0.1, 0.15) is 23.9 Å². The minimum atomic E-state index is -0.341. The minimum absolute atomic E-state index is 0.0916. The smallest absolute Gasteiger partial charge is 0.219 e. The molecule has 4 unspecified atom stereocenters. The molecule has 4 heterocycles. The third-order valence-corrected chi connectivity index (χ3v) is 7.89. The lowest BCUT2D eigenvalue weighted by Crippen LogP contribution is -2.54. The van der Waals surface area contributed by atoms with Gasteiger partial charge in [-0.2, -0.15) is 5.26 Å². The van der Waals surface area contributed by atoms with Crippen molar-refractivity contribution in [3.05, 3.63) is 65.1 Å². The summed E-state index contributed by atoms with van der Waals surface area (Å²) in [5.74, 6) is 1.96. The van der Waals surface area contributed by atoms with E-state index in [-0.39, 0.29) is 30.0 Å². The Kier molecular flexibility index (Phi) is 5.14. The van der Waals surface area contributed by atoms with Crippen LogP contribution in [0.1, 0.15) is 42.9 Å². The van der Waals surface area contributed by atoms with Crippen LogP contribution in [0.5, 0.6) is 11.6 Å². The van der Waals surface area contributed by atoms with Crippen molar-refractivity contribution in [2.75, 3.05) is 13.6 Å². The molecule has 1 spiro atoms. The second-order valence-corrected chi connectivity index (χ2v) is 10.2. The van der Waals surface area contributed by atoms with Crippen LogP contribution in [0.3, 0.4) is 0 Å². The van der Waals surface area contributed by atoms with Gasteiger partial charge in [-0.15, -0.1) is 0 Å². The van der Waals surface area contributed by atoms with Gasteiger partial charge in [-0.25, -0.2) is 9.99 Å². The van der Waals surface area contributed by atoms with E-state index in [2.05, 4.69) is 40.4 Å². The van der Waals surface area contributed by atoms with Gasteiger partial charge in [0.2, 0.25) is 5.88 Å². The first-order valence-corrected chi connectivity index (χ1v) is 12.2. The molecule has 3 aliphatic heterocycles. The molecule has 4 N–H and O–H groups in total. The minimum Gasteiger partial charge on any atom is -0.439 e. The van der Waals surface area contributed by atoms with E-state index < -0.39 is 0 Å². The van der Waals surface area contributed by atoms with E-state index in [0.717, 1.165) is 42.4 Å². The molecule has 4 atom stereocenters. The van der Waals surface area contributed by atoms with Crippen molar-refractivity contribution in [3.8, 4) is 17.8 Å². The lowest BCUT2D eigenvalue weighted by Gasteiger charge is -2.44. The first-order chi connectivity index (χ1) is 16.9. The van der Waals surface area contributed by atoms with Gasteiger partial charge in [0.15, 0.2) is 6.19 Å². The second-order valence-electron chi connectivity index (χ2n) is 10.2. The molecule has 9 nitrogen and oxygen atoms in total. The summed E-state index contributed by atoms with van der Waals surface area (Å²) in [7, 11) is 2.05. The number of hydrogen-bond acceptors (Lipinski definition) is 9. The van der Waals surface area contributed by atoms with Crippen LogP contribution < -0.4 is 16.2 Å². The molecule has 35 heavy (non-hydrogen) atoms. The molecular formula is C26H31N7O2. The maximum atomic E-state index is 9.77. The van der Waals surface area contributed by atoms with Gasteiger partial charge in [-0.05, 0) is 55.9 Å². The number of aryl methyl sites for hydroxylation is 1. The zero-order valence-corrected chi connectivity index (χ0v) is 20.1. The highest BCUT2D eigenvalue weighted by Gasteiger charge is 2.55. The fourth-order valence-electron chi connectivity index (χ4n) is 5.72. The van der Waals surface area contributed by atoms with Crippen LogP contribution in [-0.2, 0) is 4.74 Å². The van der Waals surface area contributed by atoms with Gasteiger partial charge < -0.3 is 25.8 Å². The molecule has 1 aromatic carbocycles. The van der Waals surface area contributed by atoms with Crippen molar-refractivity contribution in [2.24, 2.45) is 11.5 Å². The number of likely N-dealkylation sites (N-methyl/N-ethyl adjacent to an activating group) is 1. The summed E-state index contributed by atoms with van der Waals surface area (Å²) < 4.78 is 11.6. The fraction of sp³-hybridized carbons (Fsp3) is 0.462. The van der Waals surface area contributed by atoms with Crippen molar-refractivity contribution in [3.63, 3.8) is 0 Å². The van der Waals surface area contributed by atoms with Crippen LogP contribution in [0.15, 0.2) is 54.0 Å². The predicted molar refractivity (Wildman–Crippen MR) is 129 cm³/mol. The number of hydrogen-bond donors (Lipinski definition) is 2. The highest BCUT2D eigenvalue weighted by Crippen LogP contribution is 2.51. The molecule has 0 amide bonds. The van der Waals surface area contributed by atoms with Gasteiger partial charge in [-0.3, -0.25) is 5.01 Å². The van der Waals surface area contributed by atoms with E-state index >= 15 is 0 Å². The number of nitriles is 1. The third kappa shape index (κ3) is 3.78. The highest BCUT2D eigenvalue weighted by atomic mass is 16.6. The number of nitrogens with zero attached hydrogens (tertiary/aromatic N) is 5. The average molecular weight is 474 g/mol. The summed E-state index contributed by atoms with van der Waals surface area (Å²) in [6.45, 7) is 2.67. The molecule has 2 aromatic rings. The number of nitrogens with two attached hydrogens (primary N) is 2. The Labute approximate surface area is 205 Å². The van der Waals surface area contributed by atoms with Crippen molar-refractivity contribution in [1.82, 2.24) is 19.9 Å². The van der Waals surface area contributed by atoms with E-state index in [0.29, 0.717) is 24.0 Å². The topological polar surface area (TPSA) is 120 Å². The zero-order valence-electron chi connectivity index (χ0n) is 20.1. The Morgan fingerprint density at radius 2 is 1.91 bits per heavy atom. The number of hydrazine groups is 1. The second kappa shape index (κ2) is 8.12. The van der Waals surface area contributed by atoms with Crippen LogP contribution in [0.2, 0.25) is 0 Å². The molecule has 4 aliphatic rings. The summed E-state index contributed by atoms with van der Waals surface area (Å²) in [5, 5.41) is 14.1. The number of rotatable bonds is 5. The molecule has 182 valence electrons. The summed E-state index contributed by atoms with van der Waals surface area (Å²) in [6.07, 6.45) is 7.91. The Morgan fingerprint density at radius 1 is 1.17 bits per heavy atom. The van der Waals surface area contributed by atoms with Crippen LogP contribution in [0.4, 0.5) is 0 Å². The normalized spacial score (nSPS) is 29.4. The maximum Gasteiger partial charge on any atom is 0.219 e. The first kappa shape index (κ1) is 22.2. The number of pyridine rings is 1. The van der Waals surface area contributed by atoms with Crippen molar-refractivity contribution in [1.29, 1.82) is 5.26 Å². The standard InChI is InChI=1S/C26H31N7O2/c1-16-3-8-20(30-13-16)34-19-6-4-17(5-7-19)22-21(23-25(29)35-23)24(28)33(31(22)2)18-9-10-26(11-12-26)32(14-18)15-27/h3-8,13,18,22-23,25H,9-12,14,28-29H2,1-2H3. The molecule has 0 radical (unpaired) electrons. The molecular weight excluding hydrogens is 442 g/mol. The lowest BCUT2D eigenvalue weighted by molar-refractivity contribution is -0.0374. The number of ether oxygens (including phenoxy) is 2. The summed E-state index contributed by atoms with van der Waals surface area (Å²) in [4.78, 5) is 6.29. The van der Waals surface area contributed by atoms with Gasteiger partial charge in [0, 0.05) is 24.9 Å². The van der Waals surface area contributed by atoms with Crippen LogP contribution >= 0.6 is 0 Å². The fourth-order valence-corrected chi connectivity index (χ4v) is 5.72. The van der Waals surface area contributed by atoms with Crippen LogP contribution in [0, 0.1) is 18.4 Å².